The van der Waals surface area contributed by atoms with E-state index in [9.17, 15) is 9.59 Å². The minimum Gasteiger partial charge on any atom is -0.494 e. The van der Waals surface area contributed by atoms with E-state index in [1.165, 1.54) is 13.2 Å². The van der Waals surface area contributed by atoms with Crippen LogP contribution in [0.2, 0.25) is 0 Å². The van der Waals surface area contributed by atoms with Crippen LogP contribution in [0.5, 0.6) is 5.75 Å². The van der Waals surface area contributed by atoms with E-state index in [1.54, 1.807) is 47.5 Å². The molecule has 1 aliphatic heterocycles. The van der Waals surface area contributed by atoms with Gasteiger partial charge in [-0.1, -0.05) is 0 Å². The number of hydrogen-bond donors (Lipinski definition) is 4. The Morgan fingerprint density at radius 2 is 1.95 bits per heavy atom. The van der Waals surface area contributed by atoms with Crippen LogP contribution in [-0.4, -0.2) is 42.1 Å². The topological polar surface area (TPSA) is 119 Å². The zero-order valence-electron chi connectivity index (χ0n) is 23.3. The Bertz CT molecular complexity index is 1630. The summed E-state index contributed by atoms with van der Waals surface area (Å²) in [6, 6.07) is 15.6. The van der Waals surface area contributed by atoms with Crippen LogP contribution in [0.15, 0.2) is 71.8 Å². The van der Waals surface area contributed by atoms with Gasteiger partial charge < -0.3 is 25.4 Å². The molecule has 4 N–H and O–H groups in total. The highest BCUT2D eigenvalue weighted by molar-refractivity contribution is 7.80. The van der Waals surface area contributed by atoms with Gasteiger partial charge in [-0.25, -0.2) is 14.2 Å². The third-order valence-electron chi connectivity index (χ3n) is 7.30. The number of nitrogens with two attached hydrogens (primary N) is 1. The highest BCUT2D eigenvalue weighted by atomic mass is 32.1. The third kappa shape index (κ3) is 6.06. The second kappa shape index (κ2) is 12.6. The van der Waals surface area contributed by atoms with E-state index in [1.807, 2.05) is 25.1 Å². The van der Waals surface area contributed by atoms with E-state index < -0.39 is 18.0 Å². The first-order valence-corrected chi connectivity index (χ1v) is 14.0. The molecule has 1 saturated heterocycles. The second-order valence-corrected chi connectivity index (χ2v) is 10.4. The number of thiol groups is 1. The minimum atomic E-state index is -1.07. The van der Waals surface area contributed by atoms with Crippen molar-refractivity contribution < 1.29 is 23.5 Å². The lowest BCUT2D eigenvalue weighted by Crippen LogP contribution is -2.38. The molecular weight excluding hydrogens is 557 g/mol. The van der Waals surface area contributed by atoms with Gasteiger partial charge in [-0.2, -0.15) is 0 Å². The Kier molecular flexibility index (Phi) is 8.67. The zero-order valence-corrected chi connectivity index (χ0v) is 24.2. The summed E-state index contributed by atoms with van der Waals surface area (Å²) in [6.45, 7) is 2.70. The normalized spacial score (nSPS) is 15.3. The summed E-state index contributed by atoms with van der Waals surface area (Å²) in [4.78, 5) is 32.8. The van der Waals surface area contributed by atoms with Crippen molar-refractivity contribution in [1.82, 2.24) is 9.88 Å². The Morgan fingerprint density at radius 1 is 1.14 bits per heavy atom. The van der Waals surface area contributed by atoms with Gasteiger partial charge in [-0.15, -0.1) is 12.6 Å². The van der Waals surface area contributed by atoms with E-state index in [4.69, 9.17) is 15.2 Å². The number of hydrogen-bond acceptors (Lipinski definition) is 8. The van der Waals surface area contributed by atoms with Crippen molar-refractivity contribution in [1.29, 1.82) is 0 Å². The molecule has 2 heterocycles. The molecule has 9 nitrogen and oxygen atoms in total. The summed E-state index contributed by atoms with van der Waals surface area (Å²) in [6.07, 6.45) is 2.43. The Labute approximate surface area is 248 Å². The number of likely N-dealkylation sites (tertiary alicyclic amines) is 1. The smallest absolute Gasteiger partial charge is 0.411 e. The van der Waals surface area contributed by atoms with Crippen LogP contribution in [0.25, 0.3) is 10.8 Å². The largest absolute Gasteiger partial charge is 0.494 e. The Hall–Kier alpha value is -4.51. The molecule has 0 unspecified atom stereocenters. The summed E-state index contributed by atoms with van der Waals surface area (Å²) in [5.74, 6) is 0.0171. The predicted molar refractivity (Wildman–Crippen MR) is 163 cm³/mol. The number of methoxy groups -OCH3 is 1. The minimum absolute atomic E-state index is 0.165. The van der Waals surface area contributed by atoms with E-state index in [0.29, 0.717) is 47.4 Å². The lowest BCUT2D eigenvalue weighted by atomic mass is 10.00. The first-order chi connectivity index (χ1) is 20.3. The van der Waals surface area contributed by atoms with Gasteiger partial charge in [0.05, 0.1) is 19.8 Å². The van der Waals surface area contributed by atoms with Crippen molar-refractivity contribution in [2.45, 2.75) is 36.7 Å². The molecule has 42 heavy (non-hydrogen) atoms. The number of nitrogens with one attached hydrogen (secondary N) is 2. The number of carbonyl (C=O) groups is 2. The number of pyridine rings is 1. The Morgan fingerprint density at radius 3 is 2.74 bits per heavy atom. The van der Waals surface area contributed by atoms with Crippen LogP contribution in [-0.2, 0) is 9.53 Å². The highest BCUT2D eigenvalue weighted by Gasteiger charge is 2.37. The van der Waals surface area contributed by atoms with Crippen LogP contribution in [0.3, 0.4) is 0 Å². The molecule has 2 atom stereocenters. The molecule has 0 radical (unpaired) electrons. The van der Waals surface area contributed by atoms with E-state index in [-0.39, 0.29) is 17.5 Å². The van der Waals surface area contributed by atoms with E-state index in [2.05, 4.69) is 28.2 Å². The van der Waals surface area contributed by atoms with Crippen molar-refractivity contribution in [2.75, 3.05) is 36.6 Å². The molecule has 0 saturated carbocycles. The van der Waals surface area contributed by atoms with Gasteiger partial charge in [0, 0.05) is 40.0 Å². The lowest BCUT2D eigenvalue weighted by molar-refractivity contribution is -0.133. The summed E-state index contributed by atoms with van der Waals surface area (Å²) in [7, 11) is 1.29. The van der Waals surface area contributed by atoms with Gasteiger partial charge in [0.25, 0.3) is 0 Å². The summed E-state index contributed by atoms with van der Waals surface area (Å²) >= 11 is 4.65. The van der Waals surface area contributed by atoms with Crippen LogP contribution in [0, 0.1) is 5.82 Å². The third-order valence-corrected chi connectivity index (χ3v) is 7.70. The number of aromatic nitrogens is 1. The number of ether oxygens (including phenoxy) is 2. The molecule has 4 aromatic rings. The summed E-state index contributed by atoms with van der Waals surface area (Å²) in [5, 5.41) is 7.55. The van der Waals surface area contributed by atoms with Gasteiger partial charge in [0.1, 0.15) is 23.4 Å². The molecule has 2 amide bonds. The number of benzene rings is 3. The van der Waals surface area contributed by atoms with Gasteiger partial charge in [0.2, 0.25) is 5.91 Å². The number of carbonyl (C=O) groups excluding carboxylic acids is 2. The number of anilines is 3. The fraction of sp³-hybridized carbons (Fsp3) is 0.258. The molecule has 0 aliphatic carbocycles. The number of nitrogens with zero attached hydrogens (tertiary/aromatic N) is 2. The fourth-order valence-corrected chi connectivity index (χ4v) is 5.61. The number of nitrogen functional groups attached to an aromatic ring is 1. The van der Waals surface area contributed by atoms with E-state index in [0.717, 1.165) is 22.8 Å². The fourth-order valence-electron chi connectivity index (χ4n) is 5.32. The molecule has 11 heteroatoms. The zero-order chi connectivity index (χ0) is 29.8. The van der Waals surface area contributed by atoms with Crippen LogP contribution >= 0.6 is 12.6 Å². The number of amides is 2. The molecule has 1 aromatic heterocycles. The second-order valence-electron chi connectivity index (χ2n) is 9.91. The van der Waals surface area contributed by atoms with Gasteiger partial charge in [-0.05, 0) is 91.4 Å². The van der Waals surface area contributed by atoms with Crippen molar-refractivity contribution in [2.24, 2.45) is 0 Å². The monoisotopic (exact) mass is 589 g/mol. The van der Waals surface area contributed by atoms with Gasteiger partial charge in [-0.3, -0.25) is 10.1 Å². The van der Waals surface area contributed by atoms with Crippen molar-refractivity contribution in [3.05, 3.63) is 83.8 Å². The molecule has 1 fully saturated rings. The maximum atomic E-state index is 15.5. The average Bonchev–Trinajstić information content (AvgIpc) is 3.47. The molecule has 3 aromatic carbocycles. The van der Waals surface area contributed by atoms with Crippen molar-refractivity contribution >= 4 is 52.6 Å². The SMILES string of the molecule is CCOc1ccc(F)c([C@H](Nc2ccc3c(N)nccc3c2)C(=O)N2CCC[C@@H]2c2cc(NC(=O)OC)ccc2S)c1. The standard InChI is InChI=1S/C31H32FN5O4S/c1-3-41-21-8-10-25(32)23(17-21)28(35-19-6-9-22-18(15-19)12-13-34-29(22)33)30(38)37-14-4-5-26(37)24-16-20(7-11-27(24)42)36-31(39)40-2/h6-13,15-17,26,28,35,42H,3-5,14H2,1-2H3,(H2,33,34)(H,36,39)/t26-,28+/m1/s1. The van der Waals surface area contributed by atoms with Crippen LogP contribution in [0.4, 0.5) is 26.4 Å². The van der Waals surface area contributed by atoms with E-state index >= 15 is 4.39 Å². The summed E-state index contributed by atoms with van der Waals surface area (Å²) in [5.41, 5.74) is 8.10. The first kappa shape index (κ1) is 29.0. The predicted octanol–water partition coefficient (Wildman–Crippen LogP) is 6.34. The van der Waals surface area contributed by atoms with Crippen molar-refractivity contribution in [3.8, 4) is 5.75 Å². The van der Waals surface area contributed by atoms with Gasteiger partial charge >= 0.3 is 6.09 Å². The maximum Gasteiger partial charge on any atom is 0.411 e. The molecule has 5 rings (SSSR count). The number of halogens is 1. The molecule has 0 spiro atoms. The quantitative estimate of drug-likeness (QED) is 0.177. The van der Waals surface area contributed by atoms with Gasteiger partial charge in [0.15, 0.2) is 0 Å². The van der Waals surface area contributed by atoms with Crippen LogP contribution < -0.4 is 21.1 Å². The maximum absolute atomic E-state index is 15.5. The Balaban J connectivity index is 1.53. The number of rotatable bonds is 8. The molecular formula is C31H32FN5O4S. The first-order valence-electron chi connectivity index (χ1n) is 13.6. The lowest BCUT2D eigenvalue weighted by Gasteiger charge is -2.31. The molecule has 218 valence electrons. The van der Waals surface area contributed by atoms with Crippen LogP contribution in [0.1, 0.15) is 43.0 Å². The van der Waals surface area contributed by atoms with Crippen molar-refractivity contribution in [3.63, 3.8) is 0 Å². The molecule has 0 bridgehead atoms. The summed E-state index contributed by atoms with van der Waals surface area (Å²) < 4.78 is 25.8. The number of fused-ring (bicyclic) bond motifs is 1. The average molecular weight is 590 g/mol. The highest BCUT2D eigenvalue weighted by Crippen LogP contribution is 2.39. The molecule has 1 aliphatic rings.